The molecule has 0 saturated heterocycles. The summed E-state index contributed by atoms with van der Waals surface area (Å²) in [4.78, 5) is 24.3. The van der Waals surface area contributed by atoms with Crippen LogP contribution >= 0.6 is 0 Å². The number of amides is 1. The number of carbonyl (C=O) groups is 1. The van der Waals surface area contributed by atoms with E-state index >= 15 is 0 Å². The first kappa shape index (κ1) is 20.0. The maximum atomic E-state index is 13.4. The lowest BCUT2D eigenvalue weighted by molar-refractivity contribution is -0.122. The molecule has 0 radical (unpaired) electrons. The molecule has 0 spiro atoms. The molecule has 2 aromatic carbocycles. The van der Waals surface area contributed by atoms with Crippen LogP contribution in [0, 0.1) is 5.82 Å². The van der Waals surface area contributed by atoms with Crippen molar-refractivity contribution in [1.82, 2.24) is 15.1 Å². The van der Waals surface area contributed by atoms with Gasteiger partial charge in [-0.15, -0.1) is 0 Å². The second kappa shape index (κ2) is 7.83. The maximum absolute atomic E-state index is 13.4. The molecular formula is C21H18FN3O4S. The van der Waals surface area contributed by atoms with Crippen molar-refractivity contribution in [2.24, 2.45) is 0 Å². The first-order valence-corrected chi connectivity index (χ1v) is 10.8. The third-order valence-electron chi connectivity index (χ3n) is 4.99. The van der Waals surface area contributed by atoms with Crippen LogP contribution in [0.3, 0.4) is 0 Å². The van der Waals surface area contributed by atoms with Crippen molar-refractivity contribution in [2.75, 3.05) is 0 Å². The third-order valence-corrected chi connectivity index (χ3v) is 6.63. The summed E-state index contributed by atoms with van der Waals surface area (Å²) in [6.07, 6.45) is 1.60. The molecule has 154 valence electrons. The molecule has 0 bridgehead atoms. The van der Waals surface area contributed by atoms with E-state index in [4.69, 9.17) is 0 Å². The number of hydrogen-bond acceptors (Lipinski definition) is 5. The van der Waals surface area contributed by atoms with Gasteiger partial charge in [-0.1, -0.05) is 30.3 Å². The van der Waals surface area contributed by atoms with Gasteiger partial charge in [-0.3, -0.25) is 9.59 Å². The summed E-state index contributed by atoms with van der Waals surface area (Å²) in [5, 5.41) is 6.27. The quantitative estimate of drug-likeness (QED) is 0.672. The van der Waals surface area contributed by atoms with Gasteiger partial charge in [0.15, 0.2) is 5.03 Å². The number of sulfone groups is 1. The fourth-order valence-corrected chi connectivity index (χ4v) is 4.74. The summed E-state index contributed by atoms with van der Waals surface area (Å²) in [7, 11) is -4.14. The van der Waals surface area contributed by atoms with Crippen LogP contribution in [0.5, 0.6) is 0 Å². The number of halogens is 1. The number of rotatable bonds is 5. The van der Waals surface area contributed by atoms with E-state index in [9.17, 15) is 22.4 Å². The molecule has 4 rings (SSSR count). The van der Waals surface area contributed by atoms with Gasteiger partial charge in [0.2, 0.25) is 15.7 Å². The van der Waals surface area contributed by atoms with Crippen molar-refractivity contribution in [3.63, 3.8) is 0 Å². The highest BCUT2D eigenvalue weighted by Crippen LogP contribution is 2.30. The van der Waals surface area contributed by atoms with Gasteiger partial charge in [0.1, 0.15) is 12.4 Å². The van der Waals surface area contributed by atoms with E-state index in [1.165, 1.54) is 17.7 Å². The van der Waals surface area contributed by atoms with Crippen LogP contribution in [-0.4, -0.2) is 24.1 Å². The van der Waals surface area contributed by atoms with E-state index < -0.39 is 38.7 Å². The maximum Gasteiger partial charge on any atom is 0.267 e. The minimum Gasteiger partial charge on any atom is -0.348 e. The van der Waals surface area contributed by atoms with Crippen molar-refractivity contribution in [2.45, 2.75) is 35.3 Å². The minimum atomic E-state index is -4.14. The Morgan fingerprint density at radius 3 is 2.73 bits per heavy atom. The average molecular weight is 427 g/mol. The second-order valence-corrected chi connectivity index (χ2v) is 8.88. The first-order chi connectivity index (χ1) is 14.3. The number of nitrogens with zero attached hydrogens (tertiary/aromatic N) is 2. The molecule has 1 N–H and O–H groups in total. The van der Waals surface area contributed by atoms with Gasteiger partial charge < -0.3 is 5.32 Å². The molecular weight excluding hydrogens is 409 g/mol. The number of hydrogen-bond donors (Lipinski definition) is 1. The lowest BCUT2D eigenvalue weighted by Crippen LogP contribution is -2.35. The zero-order chi connectivity index (χ0) is 21.3. The highest BCUT2D eigenvalue weighted by Gasteiger charge is 2.25. The fourth-order valence-electron chi connectivity index (χ4n) is 3.52. The molecule has 1 atom stereocenters. The number of aromatic nitrogens is 2. The van der Waals surface area contributed by atoms with Crippen molar-refractivity contribution in [1.29, 1.82) is 0 Å². The minimum absolute atomic E-state index is 0.163. The molecule has 30 heavy (non-hydrogen) atoms. The summed E-state index contributed by atoms with van der Waals surface area (Å²) in [6.45, 7) is -0.427. The zero-order valence-electron chi connectivity index (χ0n) is 15.8. The van der Waals surface area contributed by atoms with Crippen LogP contribution in [-0.2, 0) is 27.6 Å². The predicted octanol–water partition coefficient (Wildman–Crippen LogP) is 2.02. The summed E-state index contributed by atoms with van der Waals surface area (Å²) < 4.78 is 39.6. The average Bonchev–Trinajstić information content (AvgIpc) is 3.12. The Hall–Kier alpha value is -3.33. The van der Waals surface area contributed by atoms with Gasteiger partial charge in [0, 0.05) is 6.07 Å². The number of aryl methyl sites for hydroxylation is 1. The van der Waals surface area contributed by atoms with Crippen molar-refractivity contribution in [3.05, 3.63) is 88.0 Å². The van der Waals surface area contributed by atoms with Crippen LogP contribution in [0.15, 0.2) is 75.4 Å². The zero-order valence-corrected chi connectivity index (χ0v) is 16.6. The molecule has 0 fully saturated rings. The van der Waals surface area contributed by atoms with E-state index in [-0.39, 0.29) is 10.9 Å². The number of nitrogens with one attached hydrogen (secondary N) is 1. The summed E-state index contributed by atoms with van der Waals surface area (Å²) in [5.41, 5.74) is 1.59. The second-order valence-electron chi connectivity index (χ2n) is 6.99. The van der Waals surface area contributed by atoms with E-state index in [1.54, 1.807) is 0 Å². The molecule has 1 amide bonds. The normalized spacial score (nSPS) is 15.6. The molecule has 0 aliphatic heterocycles. The van der Waals surface area contributed by atoms with E-state index in [0.717, 1.165) is 47.4 Å². The molecule has 1 aliphatic carbocycles. The Bertz CT molecular complexity index is 1290. The molecule has 7 nitrogen and oxygen atoms in total. The van der Waals surface area contributed by atoms with Crippen molar-refractivity contribution >= 4 is 15.7 Å². The Balaban J connectivity index is 1.56. The van der Waals surface area contributed by atoms with Crippen molar-refractivity contribution in [3.8, 4) is 0 Å². The first-order valence-electron chi connectivity index (χ1n) is 9.30. The molecule has 1 aliphatic rings. The Labute approximate surface area is 172 Å². The van der Waals surface area contributed by atoms with Crippen LogP contribution in [0.2, 0.25) is 0 Å². The third kappa shape index (κ3) is 3.88. The van der Waals surface area contributed by atoms with Crippen LogP contribution in [0.1, 0.15) is 23.6 Å². The standard InChI is InChI=1S/C21H18FN3O4S/c22-15-5-3-6-16(12-15)30(28,29)20-10-11-21(27)25(24-20)13-19(26)23-18-9-8-14-4-1-2-7-17(14)18/h1-7,10-12,18H,8-9,13H2,(H,23,26)/t18-/m0/s1. The summed E-state index contributed by atoms with van der Waals surface area (Å²) in [5.74, 6) is -1.16. The van der Waals surface area contributed by atoms with Crippen LogP contribution in [0.4, 0.5) is 4.39 Å². The fraction of sp³-hybridized carbons (Fsp3) is 0.190. The number of carbonyl (C=O) groups excluding carboxylic acids is 1. The predicted molar refractivity (Wildman–Crippen MR) is 106 cm³/mol. The Kier molecular flexibility index (Phi) is 5.21. The van der Waals surface area contributed by atoms with E-state index in [2.05, 4.69) is 10.4 Å². The van der Waals surface area contributed by atoms with Gasteiger partial charge in [-0.2, -0.15) is 5.10 Å². The molecule has 9 heteroatoms. The van der Waals surface area contributed by atoms with Gasteiger partial charge in [0.05, 0.1) is 10.9 Å². The lowest BCUT2D eigenvalue weighted by Gasteiger charge is -2.14. The number of fused-ring (bicyclic) bond motifs is 1. The summed E-state index contributed by atoms with van der Waals surface area (Å²) >= 11 is 0. The SMILES string of the molecule is O=C(Cn1nc(S(=O)(=O)c2cccc(F)c2)ccc1=O)N[C@H]1CCc2ccccc21. The summed E-state index contributed by atoms with van der Waals surface area (Å²) in [6, 6.07) is 14.2. The largest absolute Gasteiger partial charge is 0.348 e. The van der Waals surface area contributed by atoms with Gasteiger partial charge in [0.25, 0.3) is 5.56 Å². The smallest absolute Gasteiger partial charge is 0.267 e. The topological polar surface area (TPSA) is 98.1 Å². The Morgan fingerprint density at radius 2 is 1.93 bits per heavy atom. The molecule has 0 unspecified atom stereocenters. The van der Waals surface area contributed by atoms with Gasteiger partial charge in [-0.25, -0.2) is 17.5 Å². The molecule has 3 aromatic rings. The molecule has 1 aromatic heterocycles. The molecule has 0 saturated carbocycles. The number of benzene rings is 2. The highest BCUT2D eigenvalue weighted by molar-refractivity contribution is 7.91. The van der Waals surface area contributed by atoms with Crippen LogP contribution in [0.25, 0.3) is 0 Å². The van der Waals surface area contributed by atoms with Gasteiger partial charge in [-0.05, 0) is 48.2 Å². The Morgan fingerprint density at radius 1 is 1.13 bits per heavy atom. The highest BCUT2D eigenvalue weighted by atomic mass is 32.2. The van der Waals surface area contributed by atoms with E-state index in [0.29, 0.717) is 0 Å². The lowest BCUT2D eigenvalue weighted by atomic mass is 10.1. The monoisotopic (exact) mass is 427 g/mol. The molecule has 1 heterocycles. The van der Waals surface area contributed by atoms with Crippen LogP contribution < -0.4 is 10.9 Å². The van der Waals surface area contributed by atoms with Gasteiger partial charge >= 0.3 is 0 Å². The van der Waals surface area contributed by atoms with E-state index in [1.807, 2.05) is 24.3 Å². The van der Waals surface area contributed by atoms with Crippen molar-refractivity contribution < 1.29 is 17.6 Å².